The Labute approximate surface area is 408 Å². The number of aryl methyl sites for hydroxylation is 5. The van der Waals surface area contributed by atoms with Crippen LogP contribution >= 0.6 is 0 Å². The zero-order chi connectivity index (χ0) is 46.5. The van der Waals surface area contributed by atoms with Crippen LogP contribution in [0.25, 0.3) is 72.4 Å². The van der Waals surface area contributed by atoms with Gasteiger partial charge in [0.25, 0.3) is 0 Å². The molecule has 0 unspecified atom stereocenters. The summed E-state index contributed by atoms with van der Waals surface area (Å²) in [5.41, 5.74) is 19.8. The minimum Gasteiger partial charge on any atom is -0.499 e. The molecule has 9 aromatic rings. The van der Waals surface area contributed by atoms with Crippen molar-refractivity contribution < 1.29 is 24.5 Å². The van der Waals surface area contributed by atoms with Gasteiger partial charge < -0.3 is 8.98 Å². The normalized spacial score (nSPS) is 11.8. The first-order chi connectivity index (χ1) is 30.9. The summed E-state index contributed by atoms with van der Waals surface area (Å²) in [4.78, 5) is 19.1. The Morgan fingerprint density at radius 2 is 1.38 bits per heavy atom. The van der Waals surface area contributed by atoms with Crippen molar-refractivity contribution in [3.8, 4) is 39.5 Å². The van der Waals surface area contributed by atoms with Crippen LogP contribution in [0.3, 0.4) is 0 Å². The molecule has 66 heavy (non-hydrogen) atoms. The smallest absolute Gasteiger partial charge is 0.142 e. The summed E-state index contributed by atoms with van der Waals surface area (Å²) in [6.45, 7) is 24.2. The molecule has 5 aromatic heterocycles. The molecule has 0 bridgehead atoms. The average molecular weight is 1110 g/mol. The van der Waals surface area contributed by atoms with Gasteiger partial charge in [0.05, 0.1) is 34.3 Å². The Balaban J connectivity index is 0.000000239. The van der Waals surface area contributed by atoms with E-state index >= 15 is 0 Å². The maximum Gasteiger partial charge on any atom is 0.142 e. The quantitative estimate of drug-likeness (QED) is 0.106. The summed E-state index contributed by atoms with van der Waals surface area (Å²) in [6, 6.07) is 33.1. The van der Waals surface area contributed by atoms with Gasteiger partial charge in [0.2, 0.25) is 0 Å². The minimum absolute atomic E-state index is 0. The Morgan fingerprint density at radius 1 is 0.697 bits per heavy atom. The number of hydrogen-bond donors (Lipinski definition) is 0. The number of rotatable bonds is 9. The number of aromatic nitrogens is 5. The Kier molecular flexibility index (Phi) is 14.4. The van der Waals surface area contributed by atoms with E-state index in [0.29, 0.717) is 5.92 Å². The number of fused-ring (bicyclic) bond motifs is 4. The van der Waals surface area contributed by atoms with Crippen molar-refractivity contribution in [3.63, 3.8) is 0 Å². The van der Waals surface area contributed by atoms with Crippen molar-refractivity contribution in [2.75, 3.05) is 0 Å². The molecule has 0 atom stereocenters. The zero-order valence-electron chi connectivity index (χ0n) is 41.2. The fourth-order valence-electron chi connectivity index (χ4n) is 9.34. The third-order valence-electron chi connectivity index (χ3n) is 12.5. The number of pyridine rings is 3. The van der Waals surface area contributed by atoms with Crippen LogP contribution in [0.1, 0.15) is 98.0 Å². The van der Waals surface area contributed by atoms with Crippen molar-refractivity contribution in [2.45, 2.75) is 112 Å². The minimum atomic E-state index is -1.89. The summed E-state index contributed by atoms with van der Waals surface area (Å²) in [5.74, 6) is 9.35. The molecule has 0 aliphatic rings. The van der Waals surface area contributed by atoms with Crippen molar-refractivity contribution in [1.82, 2.24) is 24.5 Å². The molecule has 6 nitrogen and oxygen atoms in total. The average Bonchev–Trinajstić information content (AvgIpc) is 3.85. The van der Waals surface area contributed by atoms with Crippen molar-refractivity contribution in [1.29, 1.82) is 0 Å². The molecular formula is C58H63GeIrN5O-2. The van der Waals surface area contributed by atoms with E-state index in [1.807, 2.05) is 31.6 Å². The van der Waals surface area contributed by atoms with E-state index < -0.39 is 13.3 Å². The molecule has 0 N–H and O–H groups in total. The molecule has 0 aliphatic carbocycles. The maximum absolute atomic E-state index is 6.64. The fourth-order valence-corrected chi connectivity index (χ4v) is 12.7. The third kappa shape index (κ3) is 9.50. The van der Waals surface area contributed by atoms with Crippen LogP contribution in [-0.4, -0.2) is 37.8 Å². The standard InChI is InChI=1S/C38H35N4O.C20H28GeN.Ir/c1-21(2)30-17-27(26-11-9-8-10-12-26)18-31(22(3)4)35(30)42-34-24(6)19-39-20-32(34)41-38(42)29-14-13-23(5)33-28-15-16-40-25(7)36(28)43-37(29)33;1-14(2)10-17-12-20(22-13-19(17)21(5,6)7)18-9-8-15(3)11-16(18)4;/h8-13,15-22H,1-7H3;8,11-14H,10H2,1-7H3;/q2*-1;. The predicted octanol–water partition coefficient (Wildman–Crippen LogP) is 14.9. The van der Waals surface area contributed by atoms with Gasteiger partial charge in [-0.1, -0.05) is 75.9 Å². The van der Waals surface area contributed by atoms with Gasteiger partial charge in [0.15, 0.2) is 0 Å². The number of imidazole rings is 1. The van der Waals surface area contributed by atoms with Crippen LogP contribution in [0.15, 0.2) is 102 Å². The summed E-state index contributed by atoms with van der Waals surface area (Å²) < 4.78 is 10.5. The van der Waals surface area contributed by atoms with Crippen LogP contribution in [-0.2, 0) is 26.5 Å². The first-order valence-electron chi connectivity index (χ1n) is 23.2. The van der Waals surface area contributed by atoms with Crippen LogP contribution in [0.4, 0.5) is 0 Å². The Bertz CT molecular complexity index is 3180. The van der Waals surface area contributed by atoms with Gasteiger partial charge in [0.1, 0.15) is 5.58 Å². The van der Waals surface area contributed by atoms with Gasteiger partial charge >= 0.3 is 138 Å². The summed E-state index contributed by atoms with van der Waals surface area (Å²) in [6.07, 6.45) is 8.93. The largest absolute Gasteiger partial charge is 0.499 e. The molecule has 9 rings (SSSR count). The Morgan fingerprint density at radius 3 is 2.02 bits per heavy atom. The van der Waals surface area contributed by atoms with Gasteiger partial charge in [-0.15, -0.1) is 17.7 Å². The second kappa shape index (κ2) is 19.6. The maximum atomic E-state index is 6.64. The van der Waals surface area contributed by atoms with E-state index in [-0.39, 0.29) is 31.9 Å². The number of hydrogen-bond acceptors (Lipinski definition) is 5. The molecule has 0 spiro atoms. The van der Waals surface area contributed by atoms with E-state index in [0.717, 1.165) is 78.9 Å². The van der Waals surface area contributed by atoms with E-state index in [1.54, 1.807) is 4.40 Å². The van der Waals surface area contributed by atoms with Crippen LogP contribution in [0.5, 0.6) is 0 Å². The van der Waals surface area contributed by atoms with Crippen molar-refractivity contribution in [3.05, 3.63) is 154 Å². The molecule has 8 heteroatoms. The van der Waals surface area contributed by atoms with E-state index in [1.165, 1.54) is 44.6 Å². The molecule has 1 radical (unpaired) electrons. The van der Waals surface area contributed by atoms with Crippen LogP contribution < -0.4 is 4.40 Å². The molecule has 0 saturated carbocycles. The molecule has 0 saturated heterocycles. The second-order valence-corrected chi connectivity index (χ2v) is 30.6. The molecule has 4 aromatic carbocycles. The SMILES string of the molecule is Cc1c[c-]c(-c2cc(CC(C)C)[c]([Ge]([CH3])([CH3])[CH3])cn2)c(C)c1.Cc1nccc2c1oc1c(-c3nc4cncc(C)c4n3-c3c(C(C)C)cc(-c4ccccc4)cc3C(C)C)[c-]cc(C)c12.[Ir]. The number of benzene rings is 4. The molecule has 0 aliphatic heterocycles. The number of nitrogens with zero attached hydrogens (tertiary/aromatic N) is 5. The summed E-state index contributed by atoms with van der Waals surface area (Å²) >= 11 is -1.89. The Hall–Kier alpha value is -5.21. The van der Waals surface area contributed by atoms with Gasteiger partial charge in [-0.25, -0.2) is 0 Å². The summed E-state index contributed by atoms with van der Waals surface area (Å²) in [5, 5.41) is 2.14. The molecule has 341 valence electrons. The topological polar surface area (TPSA) is 69.6 Å². The van der Waals surface area contributed by atoms with Crippen molar-refractivity contribution in [2.24, 2.45) is 5.92 Å². The molecular weight excluding hydrogens is 1050 g/mol. The van der Waals surface area contributed by atoms with E-state index in [9.17, 15) is 0 Å². The summed E-state index contributed by atoms with van der Waals surface area (Å²) in [7, 11) is 0. The number of furan rings is 1. The van der Waals surface area contributed by atoms with Gasteiger partial charge in [-0.05, 0) is 71.7 Å². The second-order valence-electron chi connectivity index (χ2n) is 20.0. The first kappa shape index (κ1) is 48.7. The van der Waals surface area contributed by atoms with E-state index in [2.05, 4.69) is 186 Å². The molecule has 0 amide bonds. The molecule has 5 heterocycles. The first-order valence-corrected chi connectivity index (χ1v) is 30.5. The predicted molar refractivity (Wildman–Crippen MR) is 276 cm³/mol. The van der Waals surface area contributed by atoms with Gasteiger partial charge in [0, 0.05) is 43.6 Å². The van der Waals surface area contributed by atoms with Crippen LogP contribution in [0.2, 0.25) is 17.3 Å². The van der Waals surface area contributed by atoms with Gasteiger partial charge in [-0.3, -0.25) is 15.0 Å². The fraction of sp³-hybridized carbons (Fsp3) is 0.310. The monoisotopic (exact) mass is 1110 g/mol. The third-order valence-corrected chi connectivity index (χ3v) is 16.8. The molecule has 0 fully saturated rings. The van der Waals surface area contributed by atoms with Crippen LogP contribution in [0, 0.1) is 52.7 Å². The zero-order valence-corrected chi connectivity index (χ0v) is 45.6. The van der Waals surface area contributed by atoms with E-state index in [4.69, 9.17) is 14.4 Å². The van der Waals surface area contributed by atoms with Crippen molar-refractivity contribution >= 4 is 50.6 Å². The van der Waals surface area contributed by atoms with Gasteiger partial charge in [-0.2, -0.15) is 0 Å².